The smallest absolute Gasteiger partial charge is 0.221 e. The van der Waals surface area contributed by atoms with Gasteiger partial charge in [-0.05, 0) is 37.1 Å². The summed E-state index contributed by atoms with van der Waals surface area (Å²) in [4.78, 5) is 51.7. The zero-order valence-electron chi connectivity index (χ0n) is 22.0. The molecule has 3 rings (SSSR count). The Balaban J connectivity index is 1.67. The molecule has 2 aromatic carbocycles. The van der Waals surface area contributed by atoms with Crippen molar-refractivity contribution in [2.45, 2.75) is 39.8 Å². The number of hydrogen-bond donors (Lipinski definition) is 4. The van der Waals surface area contributed by atoms with Crippen LogP contribution in [0.15, 0.2) is 24.3 Å². The summed E-state index contributed by atoms with van der Waals surface area (Å²) in [6.07, 6.45) is 1.69. The molecular formula is C28H36N4O6. The molecule has 1 fully saturated rings. The van der Waals surface area contributed by atoms with Gasteiger partial charge in [0.1, 0.15) is 11.5 Å². The lowest BCUT2D eigenvalue weighted by atomic mass is 10.0. The standard InChI is InChI=1S/C28H36N4O6/c1-19-11-21(27(37)23(13-19)17-33)15-31-7-3-25(35)30-6-10-32(8-4-26(36)29-5-9-31)16-22-12-20(2)14-24(18-34)28(22)38/h11-14,17-18,37-38H,3-10,15-16H2,1-2H3,(H,29,36)(H,30,35). The van der Waals surface area contributed by atoms with E-state index in [1.807, 2.05) is 35.8 Å². The number of carbonyl (C=O) groups excluding carboxylic acids is 4. The third-order valence-corrected chi connectivity index (χ3v) is 6.58. The Hall–Kier alpha value is -3.76. The molecular weight excluding hydrogens is 488 g/mol. The van der Waals surface area contributed by atoms with Gasteiger partial charge in [0.05, 0.1) is 11.1 Å². The van der Waals surface area contributed by atoms with Crippen LogP contribution in [0.5, 0.6) is 11.5 Å². The molecule has 4 N–H and O–H groups in total. The maximum atomic E-state index is 12.6. The number of nitrogens with one attached hydrogen (secondary N) is 2. The number of aromatic hydroxyl groups is 2. The van der Waals surface area contributed by atoms with Crippen molar-refractivity contribution in [3.8, 4) is 11.5 Å². The van der Waals surface area contributed by atoms with Gasteiger partial charge in [-0.1, -0.05) is 12.1 Å². The first-order chi connectivity index (χ1) is 18.2. The van der Waals surface area contributed by atoms with Crippen LogP contribution < -0.4 is 10.6 Å². The van der Waals surface area contributed by atoms with Crippen molar-refractivity contribution in [1.82, 2.24) is 20.4 Å². The summed E-state index contributed by atoms with van der Waals surface area (Å²) < 4.78 is 0. The van der Waals surface area contributed by atoms with Crippen LogP contribution in [0.25, 0.3) is 0 Å². The second kappa shape index (κ2) is 13.7. The normalized spacial score (nSPS) is 16.8. The van der Waals surface area contributed by atoms with Gasteiger partial charge >= 0.3 is 0 Å². The Labute approximate surface area is 222 Å². The predicted molar refractivity (Wildman–Crippen MR) is 142 cm³/mol. The van der Waals surface area contributed by atoms with Gasteiger partial charge in [0.2, 0.25) is 11.8 Å². The van der Waals surface area contributed by atoms with Crippen LogP contribution in [0.3, 0.4) is 0 Å². The lowest BCUT2D eigenvalue weighted by molar-refractivity contribution is -0.123. The maximum Gasteiger partial charge on any atom is 0.221 e. The van der Waals surface area contributed by atoms with Crippen LogP contribution in [0.2, 0.25) is 0 Å². The molecule has 0 unspecified atom stereocenters. The molecule has 0 aliphatic carbocycles. The molecule has 0 atom stereocenters. The summed E-state index contributed by atoms with van der Waals surface area (Å²) in [5.74, 6) is -0.392. The lowest BCUT2D eigenvalue weighted by Crippen LogP contribution is -2.41. The van der Waals surface area contributed by atoms with E-state index in [9.17, 15) is 29.4 Å². The Morgan fingerprint density at radius 3 is 1.47 bits per heavy atom. The molecule has 10 heteroatoms. The number of phenolic OH excluding ortho intramolecular Hbond substituents is 2. The molecule has 1 heterocycles. The first kappa shape index (κ1) is 28.8. The molecule has 0 aromatic heterocycles. The monoisotopic (exact) mass is 524 g/mol. The van der Waals surface area contributed by atoms with Gasteiger partial charge in [0.15, 0.2) is 12.6 Å². The van der Waals surface area contributed by atoms with Crippen molar-refractivity contribution >= 4 is 24.4 Å². The molecule has 0 saturated carbocycles. The highest BCUT2D eigenvalue weighted by Crippen LogP contribution is 2.26. The zero-order chi connectivity index (χ0) is 27.7. The highest BCUT2D eigenvalue weighted by Gasteiger charge is 2.18. The van der Waals surface area contributed by atoms with E-state index in [2.05, 4.69) is 10.6 Å². The molecule has 2 amide bonds. The second-order valence-corrected chi connectivity index (χ2v) is 9.71. The van der Waals surface area contributed by atoms with Gasteiger partial charge in [0, 0.05) is 76.3 Å². The molecule has 0 bridgehead atoms. The summed E-state index contributed by atoms with van der Waals surface area (Å²) in [7, 11) is 0. The average molecular weight is 525 g/mol. The van der Waals surface area contributed by atoms with E-state index >= 15 is 0 Å². The Bertz CT molecular complexity index is 1090. The number of aldehydes is 2. The Morgan fingerprint density at radius 1 is 0.711 bits per heavy atom. The number of phenols is 2. The van der Waals surface area contributed by atoms with Gasteiger partial charge in [-0.15, -0.1) is 0 Å². The largest absolute Gasteiger partial charge is 0.507 e. The fraction of sp³-hybridized carbons (Fsp3) is 0.429. The summed E-state index contributed by atoms with van der Waals surface area (Å²) in [6, 6.07) is 6.86. The van der Waals surface area contributed by atoms with Crippen LogP contribution in [-0.4, -0.2) is 83.7 Å². The quantitative estimate of drug-likeness (QED) is 0.419. The number of amides is 2. The van der Waals surface area contributed by atoms with Crippen molar-refractivity contribution in [3.05, 3.63) is 57.6 Å². The minimum atomic E-state index is -0.125. The van der Waals surface area contributed by atoms with E-state index < -0.39 is 0 Å². The van der Waals surface area contributed by atoms with Crippen LogP contribution >= 0.6 is 0 Å². The van der Waals surface area contributed by atoms with E-state index in [0.29, 0.717) is 76.1 Å². The number of benzene rings is 2. The number of aryl methyl sites for hydroxylation is 2. The number of hydrogen-bond acceptors (Lipinski definition) is 8. The Morgan fingerprint density at radius 2 is 1.11 bits per heavy atom. The fourth-order valence-electron chi connectivity index (χ4n) is 4.61. The minimum absolute atomic E-state index is 0.0708. The average Bonchev–Trinajstić information content (AvgIpc) is 2.88. The van der Waals surface area contributed by atoms with Crippen molar-refractivity contribution in [2.24, 2.45) is 0 Å². The van der Waals surface area contributed by atoms with Gasteiger partial charge in [0.25, 0.3) is 0 Å². The highest BCUT2D eigenvalue weighted by atomic mass is 16.3. The van der Waals surface area contributed by atoms with Gasteiger partial charge in [-0.3, -0.25) is 29.0 Å². The van der Waals surface area contributed by atoms with E-state index in [4.69, 9.17) is 0 Å². The molecule has 1 aliphatic heterocycles. The molecule has 1 aliphatic rings. The summed E-state index contributed by atoms with van der Waals surface area (Å²) >= 11 is 0. The van der Waals surface area contributed by atoms with Crippen LogP contribution in [0.4, 0.5) is 0 Å². The topological polar surface area (TPSA) is 139 Å². The van der Waals surface area contributed by atoms with Crippen molar-refractivity contribution in [1.29, 1.82) is 0 Å². The predicted octanol–water partition coefficient (Wildman–Crippen LogP) is 1.67. The lowest BCUT2D eigenvalue weighted by Gasteiger charge is -2.26. The van der Waals surface area contributed by atoms with E-state index in [1.165, 1.54) is 0 Å². The third-order valence-electron chi connectivity index (χ3n) is 6.58. The van der Waals surface area contributed by atoms with Crippen LogP contribution in [0, 0.1) is 13.8 Å². The van der Waals surface area contributed by atoms with Gasteiger partial charge < -0.3 is 20.8 Å². The van der Waals surface area contributed by atoms with Crippen molar-refractivity contribution in [3.63, 3.8) is 0 Å². The summed E-state index contributed by atoms with van der Waals surface area (Å²) in [5, 5.41) is 26.8. The third kappa shape index (κ3) is 8.12. The van der Waals surface area contributed by atoms with Gasteiger partial charge in [-0.25, -0.2) is 0 Å². The number of nitrogens with zero attached hydrogens (tertiary/aromatic N) is 2. The van der Waals surface area contributed by atoms with Crippen molar-refractivity contribution < 1.29 is 29.4 Å². The first-order valence-electron chi connectivity index (χ1n) is 12.7. The van der Waals surface area contributed by atoms with E-state index in [-0.39, 0.29) is 47.3 Å². The second-order valence-electron chi connectivity index (χ2n) is 9.71. The summed E-state index contributed by atoms with van der Waals surface area (Å²) in [6.45, 7) is 6.78. The molecule has 2 aromatic rings. The molecule has 204 valence electrons. The van der Waals surface area contributed by atoms with Crippen LogP contribution in [-0.2, 0) is 22.7 Å². The minimum Gasteiger partial charge on any atom is -0.507 e. The molecule has 10 nitrogen and oxygen atoms in total. The van der Waals surface area contributed by atoms with Crippen LogP contribution in [0.1, 0.15) is 55.8 Å². The maximum absolute atomic E-state index is 12.6. The molecule has 0 radical (unpaired) electrons. The number of carbonyl (C=O) groups is 4. The van der Waals surface area contributed by atoms with Gasteiger partial charge in [-0.2, -0.15) is 0 Å². The number of rotatable bonds is 6. The first-order valence-corrected chi connectivity index (χ1v) is 12.7. The Kier molecular flexibility index (Phi) is 10.4. The zero-order valence-corrected chi connectivity index (χ0v) is 22.0. The molecule has 0 spiro atoms. The highest BCUT2D eigenvalue weighted by molar-refractivity contribution is 5.81. The van der Waals surface area contributed by atoms with E-state index in [1.54, 1.807) is 12.1 Å². The fourth-order valence-corrected chi connectivity index (χ4v) is 4.61. The molecule has 38 heavy (non-hydrogen) atoms. The van der Waals surface area contributed by atoms with Crippen molar-refractivity contribution in [2.75, 3.05) is 39.3 Å². The SMILES string of the molecule is Cc1cc(C=O)c(O)c(CN2CCNC(=O)CCN(Cc3cc(C)cc(C=O)c3O)CCNC(=O)CC2)c1. The molecule has 1 saturated heterocycles. The van der Waals surface area contributed by atoms with E-state index in [0.717, 1.165) is 11.1 Å². The summed E-state index contributed by atoms with van der Waals surface area (Å²) in [5.41, 5.74) is 3.32.